The van der Waals surface area contributed by atoms with Crippen LogP contribution in [0.1, 0.15) is 39.3 Å². The molecule has 2 rings (SSSR count). The fraction of sp³-hybridized carbons (Fsp3) is 0.571. The third kappa shape index (κ3) is 3.47. The molecule has 0 saturated heterocycles. The Balaban J connectivity index is 2.58. The number of nitrogens with zero attached hydrogens (tertiary/aromatic N) is 4. The van der Waals surface area contributed by atoms with Gasteiger partial charge in [-0.2, -0.15) is 5.10 Å². The summed E-state index contributed by atoms with van der Waals surface area (Å²) in [5.41, 5.74) is 1.37. The molecule has 0 unspecified atom stereocenters. The Morgan fingerprint density at radius 2 is 2.00 bits per heavy atom. The molecule has 0 aliphatic rings. The van der Waals surface area contributed by atoms with Crippen molar-refractivity contribution < 1.29 is 0 Å². The van der Waals surface area contributed by atoms with Gasteiger partial charge in [-0.25, -0.2) is 4.68 Å². The highest BCUT2D eigenvalue weighted by Crippen LogP contribution is 2.25. The van der Waals surface area contributed by atoms with Gasteiger partial charge in [-0.1, -0.05) is 39.0 Å². The van der Waals surface area contributed by atoms with Crippen molar-refractivity contribution in [2.45, 2.75) is 40.2 Å². The first kappa shape index (κ1) is 15.6. The topological polar surface area (TPSA) is 72.7 Å². The van der Waals surface area contributed by atoms with Gasteiger partial charge >= 0.3 is 0 Å². The lowest BCUT2D eigenvalue weighted by Gasteiger charge is -2.12. The Labute approximate surface area is 128 Å². The van der Waals surface area contributed by atoms with Gasteiger partial charge in [0.2, 0.25) is 5.13 Å². The van der Waals surface area contributed by atoms with Crippen LogP contribution in [0.3, 0.4) is 0 Å². The third-order valence-corrected chi connectivity index (χ3v) is 3.97. The number of rotatable bonds is 5. The van der Waals surface area contributed by atoms with Gasteiger partial charge in [0.15, 0.2) is 5.01 Å². The zero-order chi connectivity index (χ0) is 15.6. The van der Waals surface area contributed by atoms with Crippen LogP contribution >= 0.6 is 11.3 Å². The molecule has 2 heterocycles. The minimum atomic E-state index is -0.105. The molecule has 0 fully saturated rings. The van der Waals surface area contributed by atoms with E-state index in [0.29, 0.717) is 28.2 Å². The summed E-state index contributed by atoms with van der Waals surface area (Å²) in [5, 5.41) is 16.8. The lowest BCUT2D eigenvalue weighted by Crippen LogP contribution is -2.27. The molecule has 1 N–H and O–H groups in total. The first-order valence-corrected chi connectivity index (χ1v) is 7.87. The van der Waals surface area contributed by atoms with Crippen LogP contribution in [0.15, 0.2) is 10.9 Å². The van der Waals surface area contributed by atoms with Crippen molar-refractivity contribution in [3.05, 3.63) is 22.1 Å². The molecule has 0 radical (unpaired) electrons. The van der Waals surface area contributed by atoms with Crippen LogP contribution in [0.2, 0.25) is 0 Å². The molecular weight excluding hydrogens is 286 g/mol. The molecule has 2 aromatic rings. The molecule has 0 atom stereocenters. The number of aromatic nitrogens is 4. The second-order valence-corrected chi connectivity index (χ2v) is 6.66. The highest BCUT2D eigenvalue weighted by atomic mass is 32.1. The fourth-order valence-electron chi connectivity index (χ4n) is 1.90. The van der Waals surface area contributed by atoms with Gasteiger partial charge in [-0.3, -0.25) is 4.79 Å². The minimum absolute atomic E-state index is 0.105. The highest BCUT2D eigenvalue weighted by Gasteiger charge is 2.16. The second kappa shape index (κ2) is 6.34. The van der Waals surface area contributed by atoms with E-state index >= 15 is 0 Å². The quantitative estimate of drug-likeness (QED) is 0.919. The third-order valence-electron chi connectivity index (χ3n) is 2.99. The monoisotopic (exact) mass is 307 g/mol. The summed E-state index contributed by atoms with van der Waals surface area (Å²) in [4.78, 5) is 12.6. The Kier molecular flexibility index (Phi) is 4.72. The van der Waals surface area contributed by atoms with E-state index in [0.717, 1.165) is 5.69 Å². The zero-order valence-corrected chi connectivity index (χ0v) is 13.9. The van der Waals surface area contributed by atoms with Crippen molar-refractivity contribution in [1.82, 2.24) is 20.0 Å². The van der Waals surface area contributed by atoms with Crippen molar-refractivity contribution in [3.8, 4) is 10.6 Å². The molecule has 0 saturated carbocycles. The Morgan fingerprint density at radius 3 is 2.52 bits per heavy atom. The molecule has 0 aromatic carbocycles. The summed E-state index contributed by atoms with van der Waals surface area (Å²) in [6, 6.07) is 1.84. The van der Waals surface area contributed by atoms with E-state index in [9.17, 15) is 4.79 Å². The molecular formula is C14H21N5OS. The summed E-state index contributed by atoms with van der Waals surface area (Å²) in [6.07, 6.45) is 0. The summed E-state index contributed by atoms with van der Waals surface area (Å²) in [6.45, 7) is 8.87. The van der Waals surface area contributed by atoms with Crippen LogP contribution in [-0.4, -0.2) is 27.0 Å². The summed E-state index contributed by atoms with van der Waals surface area (Å²) >= 11 is 1.37. The molecule has 0 spiro atoms. The van der Waals surface area contributed by atoms with Gasteiger partial charge in [0.1, 0.15) is 0 Å². The number of hydrogen-bond donors (Lipinski definition) is 1. The van der Waals surface area contributed by atoms with Gasteiger partial charge in [-0.15, -0.1) is 10.2 Å². The lowest BCUT2D eigenvalue weighted by molar-refractivity contribution is 0.456. The molecule has 21 heavy (non-hydrogen) atoms. The van der Waals surface area contributed by atoms with Gasteiger partial charge in [0.05, 0.1) is 11.3 Å². The second-order valence-electron chi connectivity index (χ2n) is 5.68. The molecule has 0 aliphatic heterocycles. The molecule has 114 valence electrons. The first-order valence-electron chi connectivity index (χ1n) is 7.06. The van der Waals surface area contributed by atoms with Crippen LogP contribution in [0.5, 0.6) is 0 Å². The smallest absolute Gasteiger partial charge is 0.277 e. The normalized spacial score (nSPS) is 11.4. The SMILES string of the molecule is CNc1nnc(-c2cc(C(C)C)nn(CC(C)C)c2=O)s1. The van der Waals surface area contributed by atoms with Crippen LogP contribution in [0.4, 0.5) is 5.13 Å². The molecule has 2 aromatic heterocycles. The summed E-state index contributed by atoms with van der Waals surface area (Å²) in [5.74, 6) is 0.604. The molecule has 7 heteroatoms. The lowest BCUT2D eigenvalue weighted by atomic mass is 10.1. The van der Waals surface area contributed by atoms with Crippen LogP contribution in [0.25, 0.3) is 10.6 Å². The molecule has 0 bridgehead atoms. The van der Waals surface area contributed by atoms with Crippen molar-refractivity contribution >= 4 is 16.5 Å². The fourth-order valence-corrected chi connectivity index (χ4v) is 2.61. The number of anilines is 1. The van der Waals surface area contributed by atoms with E-state index in [2.05, 4.69) is 48.3 Å². The summed E-state index contributed by atoms with van der Waals surface area (Å²) in [7, 11) is 1.79. The maximum atomic E-state index is 12.6. The number of nitrogens with one attached hydrogen (secondary N) is 1. The van der Waals surface area contributed by atoms with Crippen molar-refractivity contribution in [1.29, 1.82) is 0 Å². The largest absolute Gasteiger partial charge is 0.363 e. The Morgan fingerprint density at radius 1 is 1.29 bits per heavy atom. The van der Waals surface area contributed by atoms with Gasteiger partial charge in [-0.05, 0) is 17.9 Å². The maximum Gasteiger partial charge on any atom is 0.277 e. The zero-order valence-electron chi connectivity index (χ0n) is 13.0. The predicted octanol–water partition coefficient (Wildman–Crippen LogP) is 2.58. The number of hydrogen-bond acceptors (Lipinski definition) is 6. The van der Waals surface area contributed by atoms with E-state index < -0.39 is 0 Å². The van der Waals surface area contributed by atoms with Crippen LogP contribution in [-0.2, 0) is 6.54 Å². The molecule has 0 amide bonds. The molecule has 6 nitrogen and oxygen atoms in total. The van der Waals surface area contributed by atoms with E-state index in [4.69, 9.17) is 0 Å². The Hall–Kier alpha value is -1.76. The average molecular weight is 307 g/mol. The van der Waals surface area contributed by atoms with Gasteiger partial charge in [0, 0.05) is 13.6 Å². The van der Waals surface area contributed by atoms with Crippen molar-refractivity contribution in [2.75, 3.05) is 12.4 Å². The predicted molar refractivity (Wildman–Crippen MR) is 85.9 cm³/mol. The standard InChI is InChI=1S/C14H21N5OS/c1-8(2)7-19-13(20)10(6-11(18-19)9(3)4)12-16-17-14(15-5)21-12/h6,8-9H,7H2,1-5H3,(H,15,17). The summed E-state index contributed by atoms with van der Waals surface area (Å²) < 4.78 is 1.55. The van der Waals surface area contributed by atoms with Crippen LogP contribution < -0.4 is 10.9 Å². The van der Waals surface area contributed by atoms with E-state index in [1.54, 1.807) is 11.7 Å². The van der Waals surface area contributed by atoms with E-state index in [-0.39, 0.29) is 11.5 Å². The maximum absolute atomic E-state index is 12.6. The van der Waals surface area contributed by atoms with Crippen LogP contribution in [0, 0.1) is 5.92 Å². The minimum Gasteiger partial charge on any atom is -0.363 e. The van der Waals surface area contributed by atoms with Crippen molar-refractivity contribution in [2.24, 2.45) is 5.92 Å². The van der Waals surface area contributed by atoms with Gasteiger partial charge < -0.3 is 5.32 Å². The molecule has 0 aliphatic carbocycles. The first-order chi connectivity index (χ1) is 9.92. The highest BCUT2D eigenvalue weighted by molar-refractivity contribution is 7.18. The van der Waals surface area contributed by atoms with E-state index in [1.165, 1.54) is 11.3 Å². The van der Waals surface area contributed by atoms with Crippen molar-refractivity contribution in [3.63, 3.8) is 0 Å². The Bertz CT molecular complexity index is 674. The van der Waals surface area contributed by atoms with Gasteiger partial charge in [0.25, 0.3) is 5.56 Å². The van der Waals surface area contributed by atoms with E-state index in [1.807, 2.05) is 6.07 Å². The average Bonchev–Trinajstić information content (AvgIpc) is 2.89.